The number of benzene rings is 4. The summed E-state index contributed by atoms with van der Waals surface area (Å²) in [7, 11) is 0. The quantitative estimate of drug-likeness (QED) is 0.370. The van der Waals surface area contributed by atoms with Crippen molar-refractivity contribution < 1.29 is 4.74 Å². The van der Waals surface area contributed by atoms with Gasteiger partial charge in [0.15, 0.2) is 6.23 Å². The molecule has 1 unspecified atom stereocenters. The van der Waals surface area contributed by atoms with Gasteiger partial charge in [-0.15, -0.1) is 0 Å². The van der Waals surface area contributed by atoms with Crippen LogP contribution < -0.4 is 10.1 Å². The molecule has 0 amide bonds. The van der Waals surface area contributed by atoms with Gasteiger partial charge >= 0.3 is 0 Å². The highest BCUT2D eigenvalue weighted by Crippen LogP contribution is 2.46. The van der Waals surface area contributed by atoms with Crippen LogP contribution in [-0.2, 0) is 0 Å². The van der Waals surface area contributed by atoms with Gasteiger partial charge in [-0.05, 0) is 28.8 Å². The lowest BCUT2D eigenvalue weighted by molar-refractivity contribution is 0.259. The summed E-state index contributed by atoms with van der Waals surface area (Å²) in [5, 5.41) is 3.56. The number of hydrogen-bond acceptors (Lipinski definition) is 2. The molecule has 28 heavy (non-hydrogen) atoms. The molecular weight excluding hydrogens is 410 g/mol. The van der Waals surface area contributed by atoms with Crippen molar-refractivity contribution in [1.82, 2.24) is 0 Å². The van der Waals surface area contributed by atoms with Crippen molar-refractivity contribution in [2.75, 3.05) is 5.32 Å². The van der Waals surface area contributed by atoms with Crippen LogP contribution >= 0.6 is 15.9 Å². The van der Waals surface area contributed by atoms with Gasteiger partial charge in [0.05, 0.1) is 5.69 Å². The van der Waals surface area contributed by atoms with Gasteiger partial charge in [0, 0.05) is 15.6 Å². The molecule has 0 fully saturated rings. The minimum Gasteiger partial charge on any atom is -0.464 e. The zero-order valence-corrected chi connectivity index (χ0v) is 16.7. The lowest BCUT2D eigenvalue weighted by atomic mass is 10.0. The van der Waals surface area contributed by atoms with E-state index in [0.29, 0.717) is 0 Å². The van der Waals surface area contributed by atoms with Gasteiger partial charge < -0.3 is 10.1 Å². The Hall–Kier alpha value is -3.04. The van der Waals surface area contributed by atoms with Crippen molar-refractivity contribution in [3.8, 4) is 28.0 Å². The molecule has 0 bridgehead atoms. The maximum absolute atomic E-state index is 6.24. The number of hydrogen-bond donors (Lipinski definition) is 1. The highest BCUT2D eigenvalue weighted by Gasteiger charge is 2.26. The van der Waals surface area contributed by atoms with E-state index in [0.717, 1.165) is 32.6 Å². The van der Waals surface area contributed by atoms with Crippen LogP contribution in [0.1, 0.15) is 11.8 Å². The largest absolute Gasteiger partial charge is 0.464 e. The van der Waals surface area contributed by atoms with Crippen LogP contribution in [0.15, 0.2) is 102 Å². The standard InChI is InChI=1S/C25H18BrNO/c26-21-15-22(19-9-5-2-6-10-19)24-23(16-21)28-25(27-24)20-13-11-18(12-14-20)17-7-3-1-4-8-17/h1-16,25,27H. The molecule has 1 N–H and O–H groups in total. The van der Waals surface area contributed by atoms with E-state index in [4.69, 9.17) is 4.74 Å². The average Bonchev–Trinajstić information content (AvgIpc) is 3.18. The smallest absolute Gasteiger partial charge is 0.196 e. The molecule has 4 aromatic rings. The Balaban J connectivity index is 1.46. The summed E-state index contributed by atoms with van der Waals surface area (Å²) in [4.78, 5) is 0. The van der Waals surface area contributed by atoms with Gasteiger partial charge in [0.1, 0.15) is 5.75 Å². The molecule has 1 aliphatic heterocycles. The van der Waals surface area contributed by atoms with E-state index in [1.54, 1.807) is 0 Å². The molecule has 2 nitrogen and oxygen atoms in total. The zero-order chi connectivity index (χ0) is 18.9. The van der Waals surface area contributed by atoms with Crippen molar-refractivity contribution in [3.05, 3.63) is 107 Å². The fourth-order valence-corrected chi connectivity index (χ4v) is 4.03. The van der Waals surface area contributed by atoms with E-state index in [1.165, 1.54) is 11.1 Å². The Morgan fingerprint density at radius 1 is 0.679 bits per heavy atom. The summed E-state index contributed by atoms with van der Waals surface area (Å²) >= 11 is 3.62. The highest BCUT2D eigenvalue weighted by molar-refractivity contribution is 9.10. The summed E-state index contributed by atoms with van der Waals surface area (Å²) in [5.74, 6) is 0.866. The van der Waals surface area contributed by atoms with Gasteiger partial charge in [0.25, 0.3) is 0 Å². The monoisotopic (exact) mass is 427 g/mol. The average molecular weight is 428 g/mol. The molecule has 3 heteroatoms. The first-order valence-corrected chi connectivity index (χ1v) is 10.0. The van der Waals surface area contributed by atoms with E-state index in [9.17, 15) is 0 Å². The number of fused-ring (bicyclic) bond motifs is 1. The maximum Gasteiger partial charge on any atom is 0.196 e. The second kappa shape index (κ2) is 7.17. The van der Waals surface area contributed by atoms with Crippen LogP contribution in [0, 0.1) is 0 Å². The predicted molar refractivity (Wildman–Crippen MR) is 118 cm³/mol. The third-order valence-corrected chi connectivity index (χ3v) is 5.45. The fourth-order valence-electron chi connectivity index (χ4n) is 3.59. The van der Waals surface area contributed by atoms with Gasteiger partial charge in [-0.1, -0.05) is 101 Å². The first kappa shape index (κ1) is 17.1. The number of nitrogens with one attached hydrogen (secondary N) is 1. The summed E-state index contributed by atoms with van der Waals surface area (Å²) in [6.07, 6.45) is -0.198. The third-order valence-electron chi connectivity index (χ3n) is 4.99. The molecule has 1 atom stereocenters. The number of anilines is 1. The number of rotatable bonds is 3. The molecule has 0 aliphatic carbocycles. The van der Waals surface area contributed by atoms with Crippen molar-refractivity contribution in [3.63, 3.8) is 0 Å². The van der Waals surface area contributed by atoms with Crippen LogP contribution in [-0.4, -0.2) is 0 Å². The Morgan fingerprint density at radius 3 is 1.96 bits per heavy atom. The summed E-state index contributed by atoms with van der Waals surface area (Å²) in [6, 6.07) is 33.5. The van der Waals surface area contributed by atoms with E-state index < -0.39 is 0 Å². The minimum atomic E-state index is -0.198. The van der Waals surface area contributed by atoms with E-state index in [-0.39, 0.29) is 6.23 Å². The summed E-state index contributed by atoms with van der Waals surface area (Å²) < 4.78 is 7.25. The van der Waals surface area contributed by atoms with Crippen molar-refractivity contribution in [1.29, 1.82) is 0 Å². The van der Waals surface area contributed by atoms with Crippen LogP contribution in [0.25, 0.3) is 22.3 Å². The molecule has 1 heterocycles. The lowest BCUT2D eigenvalue weighted by Gasteiger charge is -2.13. The fraction of sp³-hybridized carbons (Fsp3) is 0.0400. The molecular formula is C25H18BrNO. The first-order valence-electron chi connectivity index (χ1n) is 9.25. The summed E-state index contributed by atoms with van der Waals surface area (Å²) in [6.45, 7) is 0. The molecule has 136 valence electrons. The molecule has 0 saturated carbocycles. The van der Waals surface area contributed by atoms with E-state index >= 15 is 0 Å². The Kier molecular flexibility index (Phi) is 4.38. The Bertz CT molecular complexity index is 1110. The third kappa shape index (κ3) is 3.19. The SMILES string of the molecule is Brc1cc2c(c(-c3ccccc3)c1)NC(c1ccc(-c3ccccc3)cc1)O2. The molecule has 0 spiro atoms. The predicted octanol–water partition coefficient (Wildman–Crippen LogP) is 7.29. The van der Waals surface area contributed by atoms with E-state index in [1.807, 2.05) is 18.2 Å². The van der Waals surface area contributed by atoms with Crippen LogP contribution in [0.2, 0.25) is 0 Å². The van der Waals surface area contributed by atoms with Gasteiger partial charge in [-0.3, -0.25) is 0 Å². The van der Waals surface area contributed by atoms with Crippen LogP contribution in [0.4, 0.5) is 5.69 Å². The van der Waals surface area contributed by atoms with E-state index in [2.05, 4.69) is 100 Å². The molecule has 4 aromatic carbocycles. The normalized spacial score (nSPS) is 14.8. The van der Waals surface area contributed by atoms with Crippen molar-refractivity contribution in [2.45, 2.75) is 6.23 Å². The van der Waals surface area contributed by atoms with Gasteiger partial charge in [-0.25, -0.2) is 0 Å². The molecule has 0 radical (unpaired) electrons. The van der Waals surface area contributed by atoms with Crippen molar-refractivity contribution >= 4 is 21.6 Å². The van der Waals surface area contributed by atoms with Gasteiger partial charge in [0.2, 0.25) is 0 Å². The van der Waals surface area contributed by atoms with Crippen LogP contribution in [0.5, 0.6) is 5.75 Å². The zero-order valence-electron chi connectivity index (χ0n) is 15.1. The second-order valence-electron chi connectivity index (χ2n) is 6.82. The number of ether oxygens (including phenoxy) is 1. The Morgan fingerprint density at radius 2 is 1.29 bits per heavy atom. The number of halogens is 1. The lowest BCUT2D eigenvalue weighted by Crippen LogP contribution is -2.10. The van der Waals surface area contributed by atoms with Crippen LogP contribution in [0.3, 0.4) is 0 Å². The second-order valence-corrected chi connectivity index (χ2v) is 7.74. The van der Waals surface area contributed by atoms with Crippen molar-refractivity contribution in [2.24, 2.45) is 0 Å². The van der Waals surface area contributed by atoms with Gasteiger partial charge in [-0.2, -0.15) is 0 Å². The summed E-state index contributed by atoms with van der Waals surface area (Å²) in [5.41, 5.74) is 6.85. The molecule has 1 aliphatic rings. The maximum atomic E-state index is 6.24. The topological polar surface area (TPSA) is 21.3 Å². The first-order chi connectivity index (χ1) is 13.8. The highest BCUT2D eigenvalue weighted by atomic mass is 79.9. The molecule has 0 saturated heterocycles. The molecule has 0 aromatic heterocycles. The molecule has 5 rings (SSSR count). The minimum absolute atomic E-state index is 0.198. The Labute approximate surface area is 172 Å².